The molecule has 1 aliphatic rings. The number of carbonyl (C=O) groups excluding carboxylic acids is 2. The number of aromatic nitrogens is 3. The van der Waals surface area contributed by atoms with Crippen molar-refractivity contribution in [3.63, 3.8) is 0 Å². The van der Waals surface area contributed by atoms with Crippen LogP contribution in [0.5, 0.6) is 0 Å². The van der Waals surface area contributed by atoms with Gasteiger partial charge in [0.2, 0.25) is 5.91 Å². The van der Waals surface area contributed by atoms with Crippen LogP contribution in [0.15, 0.2) is 24.3 Å². The second-order valence-corrected chi connectivity index (χ2v) is 7.96. The van der Waals surface area contributed by atoms with E-state index in [9.17, 15) is 9.59 Å². The zero-order valence-electron chi connectivity index (χ0n) is 16.2. The molecule has 0 fully saturated rings. The molecule has 27 heavy (non-hydrogen) atoms. The molecule has 2 heterocycles. The van der Waals surface area contributed by atoms with Crippen molar-refractivity contribution in [2.24, 2.45) is 5.41 Å². The number of aryl methyl sites for hydroxylation is 1. The highest BCUT2D eigenvalue weighted by Crippen LogP contribution is 2.18. The van der Waals surface area contributed by atoms with Crippen molar-refractivity contribution in [2.75, 3.05) is 5.32 Å². The Balaban J connectivity index is 1.64. The Bertz CT molecular complexity index is 835. The third-order valence-corrected chi connectivity index (χ3v) is 4.66. The Morgan fingerprint density at radius 2 is 1.96 bits per heavy atom. The summed E-state index contributed by atoms with van der Waals surface area (Å²) < 4.78 is 2.12. The van der Waals surface area contributed by atoms with Crippen molar-refractivity contribution >= 4 is 17.5 Å². The molecule has 0 atom stereocenters. The minimum absolute atomic E-state index is 0.0915. The molecule has 2 amide bonds. The SMILES string of the molecule is CC(C)(C)C(=O)Nc1cccc(C(=O)NCc2nnc3n2CCCCC3)c1. The Morgan fingerprint density at radius 1 is 1.15 bits per heavy atom. The zero-order valence-corrected chi connectivity index (χ0v) is 16.2. The van der Waals surface area contributed by atoms with E-state index in [-0.39, 0.29) is 11.8 Å². The van der Waals surface area contributed by atoms with Crippen LogP contribution in [0.1, 0.15) is 62.0 Å². The van der Waals surface area contributed by atoms with E-state index in [0.29, 0.717) is 17.8 Å². The van der Waals surface area contributed by atoms with Crippen LogP contribution in [0, 0.1) is 5.41 Å². The molecule has 1 aromatic heterocycles. The maximum Gasteiger partial charge on any atom is 0.251 e. The number of benzene rings is 1. The summed E-state index contributed by atoms with van der Waals surface area (Å²) in [6.07, 6.45) is 4.39. The van der Waals surface area contributed by atoms with Crippen LogP contribution in [0.3, 0.4) is 0 Å². The molecule has 0 saturated heterocycles. The molecule has 0 radical (unpaired) electrons. The molecule has 2 N–H and O–H groups in total. The fourth-order valence-electron chi connectivity index (χ4n) is 2.99. The van der Waals surface area contributed by atoms with Crippen molar-refractivity contribution in [1.29, 1.82) is 0 Å². The highest BCUT2D eigenvalue weighted by molar-refractivity contribution is 5.98. The summed E-state index contributed by atoms with van der Waals surface area (Å²) in [6, 6.07) is 6.95. The summed E-state index contributed by atoms with van der Waals surface area (Å²) in [5.74, 6) is 1.50. The van der Waals surface area contributed by atoms with Gasteiger partial charge in [-0.15, -0.1) is 10.2 Å². The standard InChI is InChI=1S/C20H27N5O2/c1-20(2,3)19(27)22-15-9-7-8-14(12-15)18(26)21-13-17-24-23-16-10-5-4-6-11-25(16)17/h7-9,12H,4-6,10-11,13H2,1-3H3,(H,21,26)(H,22,27). The number of hydrogen-bond donors (Lipinski definition) is 2. The maximum atomic E-state index is 12.5. The van der Waals surface area contributed by atoms with Gasteiger partial charge in [0, 0.05) is 29.6 Å². The Hall–Kier alpha value is -2.70. The van der Waals surface area contributed by atoms with Gasteiger partial charge in [-0.05, 0) is 31.0 Å². The van der Waals surface area contributed by atoms with E-state index in [4.69, 9.17) is 0 Å². The molecule has 1 aliphatic heterocycles. The van der Waals surface area contributed by atoms with E-state index < -0.39 is 5.41 Å². The van der Waals surface area contributed by atoms with Gasteiger partial charge in [-0.2, -0.15) is 0 Å². The smallest absolute Gasteiger partial charge is 0.251 e. The molecule has 2 aromatic rings. The van der Waals surface area contributed by atoms with Gasteiger partial charge in [-0.3, -0.25) is 9.59 Å². The molecule has 7 nitrogen and oxygen atoms in total. The summed E-state index contributed by atoms with van der Waals surface area (Å²) in [6.45, 7) is 6.79. The van der Waals surface area contributed by atoms with Crippen molar-refractivity contribution in [2.45, 2.75) is 59.5 Å². The third-order valence-electron chi connectivity index (χ3n) is 4.66. The summed E-state index contributed by atoms with van der Waals surface area (Å²) >= 11 is 0. The molecule has 0 aliphatic carbocycles. The lowest BCUT2D eigenvalue weighted by Gasteiger charge is -2.18. The lowest BCUT2D eigenvalue weighted by molar-refractivity contribution is -0.123. The zero-order chi connectivity index (χ0) is 19.4. The van der Waals surface area contributed by atoms with Crippen LogP contribution in [0.2, 0.25) is 0 Å². The molecule has 0 unspecified atom stereocenters. The highest BCUT2D eigenvalue weighted by Gasteiger charge is 2.21. The maximum absolute atomic E-state index is 12.5. The fraction of sp³-hybridized carbons (Fsp3) is 0.500. The topological polar surface area (TPSA) is 88.9 Å². The van der Waals surface area contributed by atoms with Crippen LogP contribution in [0.25, 0.3) is 0 Å². The number of nitrogens with one attached hydrogen (secondary N) is 2. The summed E-state index contributed by atoms with van der Waals surface area (Å²) in [4.78, 5) is 24.7. The van der Waals surface area contributed by atoms with Gasteiger partial charge in [0.05, 0.1) is 6.54 Å². The van der Waals surface area contributed by atoms with Gasteiger partial charge < -0.3 is 15.2 Å². The van der Waals surface area contributed by atoms with Crippen LogP contribution in [-0.2, 0) is 24.3 Å². The lowest BCUT2D eigenvalue weighted by atomic mass is 9.95. The van der Waals surface area contributed by atoms with Gasteiger partial charge in [0.15, 0.2) is 5.82 Å². The first kappa shape index (κ1) is 19.1. The van der Waals surface area contributed by atoms with Crippen molar-refractivity contribution in [3.05, 3.63) is 41.5 Å². The minimum atomic E-state index is -0.496. The molecule has 7 heteroatoms. The molecule has 0 saturated carbocycles. The average Bonchev–Trinajstić information content (AvgIpc) is 2.85. The van der Waals surface area contributed by atoms with E-state index in [1.165, 1.54) is 6.42 Å². The highest BCUT2D eigenvalue weighted by atomic mass is 16.2. The van der Waals surface area contributed by atoms with E-state index in [1.54, 1.807) is 24.3 Å². The van der Waals surface area contributed by atoms with E-state index in [2.05, 4.69) is 25.4 Å². The summed E-state index contributed by atoms with van der Waals surface area (Å²) in [5.41, 5.74) is 0.611. The molecular weight excluding hydrogens is 342 g/mol. The number of hydrogen-bond acceptors (Lipinski definition) is 4. The van der Waals surface area contributed by atoms with E-state index in [1.807, 2.05) is 20.8 Å². The quantitative estimate of drug-likeness (QED) is 0.867. The van der Waals surface area contributed by atoms with Crippen molar-refractivity contribution in [1.82, 2.24) is 20.1 Å². The largest absolute Gasteiger partial charge is 0.345 e. The summed E-state index contributed by atoms with van der Waals surface area (Å²) in [7, 11) is 0. The average molecular weight is 369 g/mol. The fourth-order valence-corrected chi connectivity index (χ4v) is 2.99. The monoisotopic (exact) mass is 369 g/mol. The van der Waals surface area contributed by atoms with Gasteiger partial charge in [-0.25, -0.2) is 0 Å². The van der Waals surface area contributed by atoms with Crippen LogP contribution in [-0.4, -0.2) is 26.6 Å². The van der Waals surface area contributed by atoms with E-state index in [0.717, 1.165) is 37.5 Å². The molecule has 0 bridgehead atoms. The predicted octanol–water partition coefficient (Wildman–Crippen LogP) is 2.92. The Labute approximate surface area is 159 Å². The van der Waals surface area contributed by atoms with Crippen LogP contribution in [0.4, 0.5) is 5.69 Å². The lowest BCUT2D eigenvalue weighted by Crippen LogP contribution is -2.28. The molecule has 144 valence electrons. The Kier molecular flexibility index (Phi) is 5.58. The predicted molar refractivity (Wildman–Crippen MR) is 103 cm³/mol. The van der Waals surface area contributed by atoms with Crippen molar-refractivity contribution in [3.8, 4) is 0 Å². The normalized spacial score (nSPS) is 14.2. The van der Waals surface area contributed by atoms with Gasteiger partial charge in [0.25, 0.3) is 5.91 Å². The van der Waals surface area contributed by atoms with Gasteiger partial charge in [-0.1, -0.05) is 33.3 Å². The second kappa shape index (κ2) is 7.90. The minimum Gasteiger partial charge on any atom is -0.345 e. The molecular formula is C20H27N5O2. The first-order valence-electron chi connectivity index (χ1n) is 9.45. The number of amides is 2. The van der Waals surface area contributed by atoms with E-state index >= 15 is 0 Å². The van der Waals surface area contributed by atoms with Gasteiger partial charge in [0.1, 0.15) is 5.82 Å². The number of fused-ring (bicyclic) bond motifs is 1. The number of rotatable bonds is 4. The number of carbonyl (C=O) groups is 2. The summed E-state index contributed by atoms with van der Waals surface area (Å²) in [5, 5.41) is 14.2. The molecule has 1 aromatic carbocycles. The Morgan fingerprint density at radius 3 is 2.74 bits per heavy atom. The first-order chi connectivity index (χ1) is 12.8. The van der Waals surface area contributed by atoms with Gasteiger partial charge >= 0.3 is 0 Å². The molecule has 3 rings (SSSR count). The number of nitrogens with zero attached hydrogens (tertiary/aromatic N) is 3. The van der Waals surface area contributed by atoms with Crippen LogP contribution >= 0.6 is 0 Å². The van der Waals surface area contributed by atoms with Crippen molar-refractivity contribution < 1.29 is 9.59 Å². The van der Waals surface area contributed by atoms with Crippen LogP contribution < -0.4 is 10.6 Å². The number of anilines is 1. The second-order valence-electron chi connectivity index (χ2n) is 7.96. The third kappa shape index (κ3) is 4.72. The molecule has 0 spiro atoms. The first-order valence-corrected chi connectivity index (χ1v) is 9.45.